The van der Waals surface area contributed by atoms with Crippen molar-refractivity contribution in [2.45, 2.75) is 32.7 Å². The Labute approximate surface area is 109 Å². The van der Waals surface area contributed by atoms with Gasteiger partial charge in [-0.05, 0) is 10.8 Å². The van der Waals surface area contributed by atoms with Gasteiger partial charge in [-0.25, -0.2) is 4.57 Å². The second-order valence-corrected chi connectivity index (χ2v) is 4.70. The fraction of sp³-hybridized carbons (Fsp3) is 0.545. The van der Waals surface area contributed by atoms with E-state index in [4.69, 9.17) is 0 Å². The Bertz CT molecular complexity index is 592. The van der Waals surface area contributed by atoms with Crippen molar-refractivity contribution in [2.75, 3.05) is 0 Å². The van der Waals surface area contributed by atoms with Gasteiger partial charge in [-0.15, -0.1) is 0 Å². The van der Waals surface area contributed by atoms with Crippen molar-refractivity contribution in [3.63, 3.8) is 0 Å². The molecule has 8 nitrogen and oxygen atoms in total. The molecular formula is C11H14N4O4. The summed E-state index contributed by atoms with van der Waals surface area (Å²) in [5.74, 6) is 5.38. The zero-order valence-corrected chi connectivity index (χ0v) is 11.1. The maximum atomic E-state index is 10.9. The largest absolute Gasteiger partial charge is 0.358 e. The van der Waals surface area contributed by atoms with Crippen molar-refractivity contribution in [1.29, 1.82) is 0 Å². The highest BCUT2D eigenvalue weighted by Gasteiger charge is 2.29. The molecule has 0 bridgehead atoms. The van der Waals surface area contributed by atoms with Crippen LogP contribution in [-0.2, 0) is 7.05 Å². The maximum Gasteiger partial charge on any atom is 0.358 e. The summed E-state index contributed by atoms with van der Waals surface area (Å²) in [7, 11) is 1.52. The summed E-state index contributed by atoms with van der Waals surface area (Å²) in [6, 6.07) is 0. The van der Waals surface area contributed by atoms with Crippen LogP contribution in [0, 0.1) is 39.0 Å². The standard InChI is InChI=1S/C11H14N4O4/c1-8-12-9(10(13(8)4)14(16)17)6-5-7-11(2,3)15(18)19/h7H2,1-4H3. The molecule has 0 fully saturated rings. The Balaban J connectivity index is 3.06. The van der Waals surface area contributed by atoms with E-state index in [2.05, 4.69) is 16.8 Å². The topological polar surface area (TPSA) is 104 Å². The monoisotopic (exact) mass is 266 g/mol. The minimum absolute atomic E-state index is 0.00717. The van der Waals surface area contributed by atoms with Gasteiger partial charge < -0.3 is 10.1 Å². The number of hydrogen-bond donors (Lipinski definition) is 0. The van der Waals surface area contributed by atoms with Crippen LogP contribution in [0.2, 0.25) is 0 Å². The first kappa shape index (κ1) is 14.6. The molecule has 0 aliphatic rings. The van der Waals surface area contributed by atoms with Gasteiger partial charge in [-0.3, -0.25) is 10.1 Å². The van der Waals surface area contributed by atoms with Crippen LogP contribution in [0.3, 0.4) is 0 Å². The highest BCUT2D eigenvalue weighted by Crippen LogP contribution is 2.18. The van der Waals surface area contributed by atoms with E-state index in [0.717, 1.165) is 0 Å². The zero-order valence-electron chi connectivity index (χ0n) is 11.1. The van der Waals surface area contributed by atoms with Gasteiger partial charge in [-0.2, -0.15) is 4.98 Å². The molecule has 0 N–H and O–H groups in total. The highest BCUT2D eigenvalue weighted by atomic mass is 16.6. The molecule has 1 rings (SSSR count). The normalized spacial score (nSPS) is 10.7. The van der Waals surface area contributed by atoms with Crippen LogP contribution in [0.4, 0.5) is 5.82 Å². The molecule has 0 saturated heterocycles. The van der Waals surface area contributed by atoms with Gasteiger partial charge in [-0.1, -0.05) is 5.92 Å². The molecule has 1 aromatic rings. The Morgan fingerprint density at radius 1 is 1.37 bits per heavy atom. The molecule has 1 heterocycles. The molecule has 0 radical (unpaired) electrons. The molecule has 0 spiro atoms. The number of imidazole rings is 1. The fourth-order valence-electron chi connectivity index (χ4n) is 1.30. The van der Waals surface area contributed by atoms with Crippen molar-refractivity contribution in [3.05, 3.63) is 31.7 Å². The van der Waals surface area contributed by atoms with E-state index >= 15 is 0 Å². The van der Waals surface area contributed by atoms with E-state index in [-0.39, 0.29) is 17.9 Å². The minimum atomic E-state index is -1.19. The van der Waals surface area contributed by atoms with Gasteiger partial charge in [0.05, 0.1) is 13.5 Å². The molecule has 19 heavy (non-hydrogen) atoms. The minimum Gasteiger partial charge on any atom is -0.358 e. The number of rotatable bonds is 3. The number of nitrogens with zero attached hydrogens (tertiary/aromatic N) is 4. The summed E-state index contributed by atoms with van der Waals surface area (Å²) < 4.78 is 1.32. The molecule has 0 atom stereocenters. The molecular weight excluding hydrogens is 252 g/mol. The average Bonchev–Trinajstić information content (AvgIpc) is 2.54. The first-order valence-corrected chi connectivity index (χ1v) is 5.48. The third kappa shape index (κ3) is 3.07. The smallest absolute Gasteiger partial charge is 0.358 e. The van der Waals surface area contributed by atoms with E-state index in [0.29, 0.717) is 5.82 Å². The molecule has 0 aromatic carbocycles. The predicted molar refractivity (Wildman–Crippen MR) is 67.2 cm³/mol. The van der Waals surface area contributed by atoms with E-state index in [1.165, 1.54) is 25.5 Å². The summed E-state index contributed by atoms with van der Waals surface area (Å²) in [5, 5.41) is 21.6. The lowest BCUT2D eigenvalue weighted by atomic mass is 10.0. The second kappa shape index (κ2) is 5.06. The predicted octanol–water partition coefficient (Wildman–Crippen LogP) is 1.43. The highest BCUT2D eigenvalue weighted by molar-refractivity contribution is 5.43. The lowest BCUT2D eigenvalue weighted by molar-refractivity contribution is -0.559. The third-order valence-corrected chi connectivity index (χ3v) is 2.68. The number of hydrogen-bond acceptors (Lipinski definition) is 5. The van der Waals surface area contributed by atoms with Crippen LogP contribution >= 0.6 is 0 Å². The van der Waals surface area contributed by atoms with Gasteiger partial charge in [0, 0.05) is 25.7 Å². The van der Waals surface area contributed by atoms with Gasteiger partial charge in [0.25, 0.3) is 0 Å². The summed E-state index contributed by atoms with van der Waals surface area (Å²) in [6.07, 6.45) is -0.00717. The van der Waals surface area contributed by atoms with Crippen LogP contribution in [0.25, 0.3) is 0 Å². The van der Waals surface area contributed by atoms with E-state index < -0.39 is 15.4 Å². The first-order chi connectivity index (χ1) is 8.66. The number of aromatic nitrogens is 2. The van der Waals surface area contributed by atoms with Crippen molar-refractivity contribution in [2.24, 2.45) is 7.05 Å². The summed E-state index contributed by atoms with van der Waals surface area (Å²) in [4.78, 5) is 24.6. The summed E-state index contributed by atoms with van der Waals surface area (Å²) >= 11 is 0. The number of nitro groups is 2. The maximum absolute atomic E-state index is 10.9. The molecule has 0 unspecified atom stereocenters. The lowest BCUT2D eigenvalue weighted by Gasteiger charge is -2.10. The molecule has 0 aliphatic carbocycles. The van der Waals surface area contributed by atoms with Gasteiger partial charge in [0.15, 0.2) is 5.82 Å². The summed E-state index contributed by atoms with van der Waals surface area (Å²) in [6.45, 7) is 4.51. The van der Waals surface area contributed by atoms with Crippen LogP contribution in [0.15, 0.2) is 0 Å². The Kier molecular flexibility index (Phi) is 3.89. The Morgan fingerprint density at radius 3 is 2.42 bits per heavy atom. The SMILES string of the molecule is Cc1nc(C#CCC(C)(C)[N+](=O)[O-])c([N+](=O)[O-])n1C. The second-order valence-electron chi connectivity index (χ2n) is 4.70. The first-order valence-electron chi connectivity index (χ1n) is 5.48. The van der Waals surface area contributed by atoms with E-state index in [1.807, 2.05) is 0 Å². The van der Waals surface area contributed by atoms with Gasteiger partial charge in [0.2, 0.25) is 11.2 Å². The summed E-state index contributed by atoms with van der Waals surface area (Å²) in [5.41, 5.74) is -1.16. The Morgan fingerprint density at radius 2 is 1.95 bits per heavy atom. The van der Waals surface area contributed by atoms with Crippen LogP contribution < -0.4 is 0 Å². The van der Waals surface area contributed by atoms with E-state index in [9.17, 15) is 20.2 Å². The molecule has 0 amide bonds. The molecule has 1 aromatic heterocycles. The molecule has 102 valence electrons. The van der Waals surface area contributed by atoms with Crippen molar-refractivity contribution >= 4 is 5.82 Å². The average molecular weight is 266 g/mol. The van der Waals surface area contributed by atoms with Crippen LogP contribution in [0.5, 0.6) is 0 Å². The molecule has 8 heteroatoms. The van der Waals surface area contributed by atoms with E-state index in [1.54, 1.807) is 6.92 Å². The Hall–Kier alpha value is -2.43. The third-order valence-electron chi connectivity index (χ3n) is 2.68. The fourth-order valence-corrected chi connectivity index (χ4v) is 1.30. The van der Waals surface area contributed by atoms with Crippen molar-refractivity contribution in [3.8, 4) is 11.8 Å². The van der Waals surface area contributed by atoms with Gasteiger partial charge in [0.1, 0.15) is 0 Å². The molecule has 0 aliphatic heterocycles. The van der Waals surface area contributed by atoms with Gasteiger partial charge >= 0.3 is 5.82 Å². The van der Waals surface area contributed by atoms with Crippen molar-refractivity contribution < 1.29 is 9.85 Å². The quantitative estimate of drug-likeness (QED) is 0.467. The van der Waals surface area contributed by atoms with Crippen LogP contribution in [-0.4, -0.2) is 24.9 Å². The van der Waals surface area contributed by atoms with Crippen molar-refractivity contribution in [1.82, 2.24) is 9.55 Å². The van der Waals surface area contributed by atoms with Crippen LogP contribution in [0.1, 0.15) is 31.8 Å². The zero-order chi connectivity index (χ0) is 14.8. The molecule has 0 saturated carbocycles. The lowest BCUT2D eigenvalue weighted by Crippen LogP contribution is -2.29. The number of aryl methyl sites for hydroxylation is 1.